The molecule has 0 bridgehead atoms. The van der Waals surface area contributed by atoms with Gasteiger partial charge in [0, 0.05) is 23.5 Å². The first kappa shape index (κ1) is 19.4. The van der Waals surface area contributed by atoms with E-state index in [0.29, 0.717) is 11.3 Å². The van der Waals surface area contributed by atoms with E-state index in [0.717, 1.165) is 37.2 Å². The predicted molar refractivity (Wildman–Crippen MR) is 107 cm³/mol. The highest BCUT2D eigenvalue weighted by molar-refractivity contribution is 7.10. The van der Waals surface area contributed by atoms with E-state index in [1.165, 1.54) is 6.42 Å². The van der Waals surface area contributed by atoms with Gasteiger partial charge in [0.2, 0.25) is 0 Å². The molecule has 1 N–H and O–H groups in total. The second-order valence-corrected chi connectivity index (χ2v) is 7.68. The number of hydrogen-bond donors (Lipinski definition) is 1. The molecule has 144 valence electrons. The van der Waals surface area contributed by atoms with Crippen LogP contribution in [0.4, 0.5) is 0 Å². The minimum absolute atomic E-state index is 0.0237. The highest BCUT2D eigenvalue weighted by Crippen LogP contribution is 2.22. The molecule has 1 aliphatic rings. The van der Waals surface area contributed by atoms with Crippen molar-refractivity contribution >= 4 is 23.2 Å². The smallest absolute Gasteiger partial charge is 0.260 e. The van der Waals surface area contributed by atoms with Crippen molar-refractivity contribution in [1.82, 2.24) is 10.2 Å². The number of benzene rings is 1. The van der Waals surface area contributed by atoms with Gasteiger partial charge in [-0.15, -0.1) is 11.3 Å². The molecule has 1 aromatic carbocycles. The molecule has 1 aromatic heterocycles. The summed E-state index contributed by atoms with van der Waals surface area (Å²) in [6.45, 7) is 3.75. The first-order valence-corrected chi connectivity index (χ1v) is 10.4. The van der Waals surface area contributed by atoms with Gasteiger partial charge in [0.25, 0.3) is 11.8 Å². The lowest BCUT2D eigenvalue weighted by Gasteiger charge is -2.26. The average molecular weight is 387 g/mol. The standard InChI is InChI=1S/C21H26N2O3S/c1-2-18(19-7-6-14-27-19)22-21(25)16-8-10-17(11-9-16)26-15-20(24)23-12-4-3-5-13-23/h6-11,14,18H,2-5,12-13,15H2,1H3,(H,22,25). The largest absolute Gasteiger partial charge is 0.484 e. The molecule has 0 radical (unpaired) electrons. The lowest BCUT2D eigenvalue weighted by atomic mass is 10.1. The zero-order chi connectivity index (χ0) is 19.1. The molecule has 1 atom stereocenters. The Labute approximate surface area is 164 Å². The molecule has 6 heteroatoms. The van der Waals surface area contributed by atoms with Crippen LogP contribution < -0.4 is 10.1 Å². The SMILES string of the molecule is CCC(NC(=O)c1ccc(OCC(=O)N2CCCCC2)cc1)c1cccs1. The van der Waals surface area contributed by atoms with Gasteiger partial charge in [-0.1, -0.05) is 13.0 Å². The molecule has 2 aromatic rings. The minimum Gasteiger partial charge on any atom is -0.484 e. The highest BCUT2D eigenvalue weighted by atomic mass is 32.1. The van der Waals surface area contributed by atoms with E-state index >= 15 is 0 Å². The molecule has 1 saturated heterocycles. The van der Waals surface area contributed by atoms with Crippen molar-refractivity contribution in [2.75, 3.05) is 19.7 Å². The number of carbonyl (C=O) groups is 2. The van der Waals surface area contributed by atoms with Crippen molar-refractivity contribution in [3.8, 4) is 5.75 Å². The van der Waals surface area contributed by atoms with Crippen LogP contribution in [0.15, 0.2) is 41.8 Å². The molecule has 2 amide bonds. The fourth-order valence-corrected chi connectivity index (χ4v) is 4.05. The lowest BCUT2D eigenvalue weighted by molar-refractivity contribution is -0.134. The normalized spacial score (nSPS) is 15.2. The summed E-state index contributed by atoms with van der Waals surface area (Å²) in [5.74, 6) is 0.520. The van der Waals surface area contributed by atoms with Gasteiger partial charge in [-0.3, -0.25) is 9.59 Å². The van der Waals surface area contributed by atoms with Crippen molar-refractivity contribution < 1.29 is 14.3 Å². The minimum atomic E-state index is -0.105. The number of piperidine rings is 1. The third kappa shape index (κ3) is 5.32. The van der Waals surface area contributed by atoms with Gasteiger partial charge in [0.1, 0.15) is 5.75 Å². The zero-order valence-corrected chi connectivity index (χ0v) is 16.5. The number of nitrogens with zero attached hydrogens (tertiary/aromatic N) is 1. The number of hydrogen-bond acceptors (Lipinski definition) is 4. The summed E-state index contributed by atoms with van der Waals surface area (Å²) in [5.41, 5.74) is 0.583. The third-order valence-corrected chi connectivity index (χ3v) is 5.77. The Balaban J connectivity index is 1.51. The summed E-state index contributed by atoms with van der Waals surface area (Å²) in [4.78, 5) is 27.7. The second kappa shape index (κ2) is 9.55. The van der Waals surface area contributed by atoms with Gasteiger partial charge in [-0.25, -0.2) is 0 Å². The lowest BCUT2D eigenvalue weighted by Crippen LogP contribution is -2.38. The van der Waals surface area contributed by atoms with E-state index in [2.05, 4.69) is 12.2 Å². The number of thiophene rings is 1. The van der Waals surface area contributed by atoms with Crippen LogP contribution in [0.3, 0.4) is 0 Å². The summed E-state index contributed by atoms with van der Waals surface area (Å²) in [6.07, 6.45) is 4.17. The maximum Gasteiger partial charge on any atom is 0.260 e. The molecule has 27 heavy (non-hydrogen) atoms. The predicted octanol–water partition coefficient (Wildman–Crippen LogP) is 4.02. The van der Waals surface area contributed by atoms with Gasteiger partial charge < -0.3 is 15.0 Å². The van der Waals surface area contributed by atoms with Crippen molar-refractivity contribution in [2.45, 2.75) is 38.6 Å². The van der Waals surface area contributed by atoms with Crippen molar-refractivity contribution in [1.29, 1.82) is 0 Å². The molecular formula is C21H26N2O3S. The molecule has 3 rings (SSSR count). The second-order valence-electron chi connectivity index (χ2n) is 6.70. The van der Waals surface area contributed by atoms with Crippen LogP contribution in [0.5, 0.6) is 5.75 Å². The zero-order valence-electron chi connectivity index (χ0n) is 15.6. The number of rotatable bonds is 7. The van der Waals surface area contributed by atoms with Crippen molar-refractivity contribution in [2.24, 2.45) is 0 Å². The fraction of sp³-hybridized carbons (Fsp3) is 0.429. The topological polar surface area (TPSA) is 58.6 Å². The van der Waals surface area contributed by atoms with Gasteiger partial charge in [0.05, 0.1) is 6.04 Å². The Morgan fingerprint density at radius 2 is 1.89 bits per heavy atom. The summed E-state index contributed by atoms with van der Waals surface area (Å²) in [6, 6.07) is 11.0. The maximum absolute atomic E-state index is 12.5. The Bertz CT molecular complexity index is 737. The monoisotopic (exact) mass is 386 g/mol. The molecule has 1 fully saturated rings. The number of carbonyl (C=O) groups excluding carboxylic acids is 2. The molecule has 0 spiro atoms. The Hall–Kier alpha value is -2.34. The summed E-state index contributed by atoms with van der Waals surface area (Å²) in [5, 5.41) is 5.08. The van der Waals surface area contributed by atoms with Crippen LogP contribution in [-0.2, 0) is 4.79 Å². The Morgan fingerprint density at radius 3 is 2.52 bits per heavy atom. The third-order valence-electron chi connectivity index (χ3n) is 4.79. The first-order valence-electron chi connectivity index (χ1n) is 9.52. The first-order chi connectivity index (χ1) is 13.2. The van der Waals surface area contributed by atoms with Crippen LogP contribution >= 0.6 is 11.3 Å². The molecule has 0 aliphatic carbocycles. The molecule has 5 nitrogen and oxygen atoms in total. The molecule has 1 aliphatic heterocycles. The van der Waals surface area contributed by atoms with E-state index in [-0.39, 0.29) is 24.5 Å². The van der Waals surface area contributed by atoms with Gasteiger partial charge in [-0.05, 0) is 61.4 Å². The van der Waals surface area contributed by atoms with Crippen LogP contribution in [0.1, 0.15) is 53.9 Å². The number of nitrogens with one attached hydrogen (secondary N) is 1. The van der Waals surface area contributed by atoms with Crippen LogP contribution in [0.25, 0.3) is 0 Å². The Morgan fingerprint density at radius 1 is 1.15 bits per heavy atom. The molecule has 1 unspecified atom stereocenters. The van der Waals surface area contributed by atoms with E-state index < -0.39 is 0 Å². The number of ether oxygens (including phenoxy) is 1. The molecule has 0 saturated carbocycles. The summed E-state index contributed by atoms with van der Waals surface area (Å²) in [7, 11) is 0. The van der Waals surface area contributed by atoms with E-state index in [9.17, 15) is 9.59 Å². The molecular weight excluding hydrogens is 360 g/mol. The van der Waals surface area contributed by atoms with Crippen LogP contribution in [0, 0.1) is 0 Å². The van der Waals surface area contributed by atoms with Gasteiger partial charge >= 0.3 is 0 Å². The number of likely N-dealkylation sites (tertiary alicyclic amines) is 1. The molecule has 2 heterocycles. The summed E-state index contributed by atoms with van der Waals surface area (Å²) < 4.78 is 5.60. The van der Waals surface area contributed by atoms with Crippen molar-refractivity contribution in [3.63, 3.8) is 0 Å². The maximum atomic E-state index is 12.5. The fourth-order valence-electron chi connectivity index (χ4n) is 3.19. The average Bonchev–Trinajstić information content (AvgIpc) is 3.25. The van der Waals surface area contributed by atoms with Gasteiger partial charge in [-0.2, -0.15) is 0 Å². The highest BCUT2D eigenvalue weighted by Gasteiger charge is 2.17. The van der Waals surface area contributed by atoms with Crippen LogP contribution in [0.2, 0.25) is 0 Å². The van der Waals surface area contributed by atoms with E-state index in [4.69, 9.17) is 4.74 Å². The van der Waals surface area contributed by atoms with Crippen LogP contribution in [-0.4, -0.2) is 36.4 Å². The van der Waals surface area contributed by atoms with E-state index in [1.54, 1.807) is 35.6 Å². The van der Waals surface area contributed by atoms with Crippen molar-refractivity contribution in [3.05, 3.63) is 52.2 Å². The summed E-state index contributed by atoms with van der Waals surface area (Å²) >= 11 is 1.65. The van der Waals surface area contributed by atoms with E-state index in [1.807, 2.05) is 22.4 Å². The number of amides is 2. The van der Waals surface area contributed by atoms with Gasteiger partial charge in [0.15, 0.2) is 6.61 Å². The quantitative estimate of drug-likeness (QED) is 0.782. The Kier molecular flexibility index (Phi) is 6.87.